The highest BCUT2D eigenvalue weighted by atomic mass is 35.5. The number of sulfonamides is 1. The van der Waals surface area contributed by atoms with Crippen LogP contribution in [0.3, 0.4) is 0 Å². The summed E-state index contributed by atoms with van der Waals surface area (Å²) in [5.74, 6) is -1.18. The molecule has 2 rings (SSSR count). The fraction of sp³-hybridized carbons (Fsp3) is 0.0667. The van der Waals surface area contributed by atoms with Gasteiger partial charge in [0.1, 0.15) is 0 Å². The van der Waals surface area contributed by atoms with Crippen molar-refractivity contribution in [2.75, 3.05) is 12.4 Å². The molecule has 4 N–H and O–H groups in total. The first-order valence-corrected chi connectivity index (χ1v) is 8.55. The summed E-state index contributed by atoms with van der Waals surface area (Å²) in [6.07, 6.45) is 0. The number of carbonyl (C=O) groups excluding carboxylic acids is 2. The Bertz CT molecular complexity index is 895. The van der Waals surface area contributed by atoms with E-state index in [0.29, 0.717) is 5.69 Å². The van der Waals surface area contributed by atoms with Crippen LogP contribution < -0.4 is 15.8 Å². The lowest BCUT2D eigenvalue weighted by Crippen LogP contribution is -2.19. The number of nitrogens with one attached hydrogen (secondary N) is 2. The lowest BCUT2D eigenvalue weighted by molar-refractivity contribution is 0.0996. The van der Waals surface area contributed by atoms with E-state index in [1.165, 1.54) is 49.5 Å². The maximum absolute atomic E-state index is 12.2. The molecule has 0 spiro atoms. The number of anilines is 1. The van der Waals surface area contributed by atoms with Gasteiger partial charge in [0.2, 0.25) is 15.9 Å². The summed E-state index contributed by atoms with van der Waals surface area (Å²) in [4.78, 5) is 23.5. The van der Waals surface area contributed by atoms with Gasteiger partial charge in [0.05, 0.1) is 15.5 Å². The predicted molar refractivity (Wildman–Crippen MR) is 90.6 cm³/mol. The molecule has 0 aliphatic rings. The van der Waals surface area contributed by atoms with E-state index in [2.05, 4.69) is 10.0 Å². The number of hydrogen-bond donors (Lipinski definition) is 3. The third-order valence-electron chi connectivity index (χ3n) is 3.19. The molecule has 24 heavy (non-hydrogen) atoms. The molecule has 0 aliphatic heterocycles. The highest BCUT2D eigenvalue weighted by Gasteiger charge is 2.14. The minimum atomic E-state index is -3.57. The van der Waals surface area contributed by atoms with E-state index in [-0.39, 0.29) is 21.0 Å². The van der Waals surface area contributed by atoms with Crippen LogP contribution in [-0.4, -0.2) is 27.3 Å². The Labute approximate surface area is 143 Å². The Balaban J connectivity index is 2.22. The topological polar surface area (TPSA) is 118 Å². The van der Waals surface area contributed by atoms with Crippen molar-refractivity contribution in [1.29, 1.82) is 0 Å². The van der Waals surface area contributed by atoms with Crippen molar-refractivity contribution in [2.24, 2.45) is 5.73 Å². The van der Waals surface area contributed by atoms with Crippen LogP contribution in [0.1, 0.15) is 20.7 Å². The zero-order chi connectivity index (χ0) is 17.9. The number of amides is 2. The number of nitrogens with two attached hydrogens (primary N) is 1. The quantitative estimate of drug-likeness (QED) is 0.743. The van der Waals surface area contributed by atoms with Crippen molar-refractivity contribution in [3.8, 4) is 0 Å². The standard InChI is InChI=1S/C15H14ClN3O4S/c1-18-24(22,23)11-5-2-9(3-6-11)15(21)19-10-4-7-13(16)12(8-10)14(17)20/h2-8,18H,1H3,(H2,17,20)(H,19,21). The Morgan fingerprint density at radius 2 is 1.71 bits per heavy atom. The molecule has 0 atom stereocenters. The largest absolute Gasteiger partial charge is 0.366 e. The van der Waals surface area contributed by atoms with Gasteiger partial charge in [-0.3, -0.25) is 9.59 Å². The first kappa shape index (κ1) is 17.9. The molecule has 7 nitrogen and oxygen atoms in total. The molecule has 2 aromatic carbocycles. The molecule has 0 radical (unpaired) electrons. The number of benzene rings is 2. The van der Waals surface area contributed by atoms with Gasteiger partial charge in [0.15, 0.2) is 0 Å². The predicted octanol–water partition coefficient (Wildman–Crippen LogP) is 1.60. The van der Waals surface area contributed by atoms with E-state index in [9.17, 15) is 18.0 Å². The van der Waals surface area contributed by atoms with Crippen LogP contribution in [0, 0.1) is 0 Å². The summed E-state index contributed by atoms with van der Waals surface area (Å²) in [5.41, 5.74) is 5.87. The highest BCUT2D eigenvalue weighted by Crippen LogP contribution is 2.21. The normalized spacial score (nSPS) is 11.1. The Morgan fingerprint density at radius 3 is 2.25 bits per heavy atom. The average Bonchev–Trinajstić information content (AvgIpc) is 2.56. The van der Waals surface area contributed by atoms with E-state index >= 15 is 0 Å². The van der Waals surface area contributed by atoms with Crippen LogP contribution in [-0.2, 0) is 10.0 Å². The molecule has 0 saturated carbocycles. The molecule has 0 bridgehead atoms. The molecule has 0 aromatic heterocycles. The number of hydrogen-bond acceptors (Lipinski definition) is 4. The first-order chi connectivity index (χ1) is 11.2. The van der Waals surface area contributed by atoms with Crippen molar-refractivity contribution in [3.05, 3.63) is 58.6 Å². The second kappa shape index (κ2) is 7.00. The van der Waals surface area contributed by atoms with Gasteiger partial charge in [-0.1, -0.05) is 11.6 Å². The van der Waals surface area contributed by atoms with Gasteiger partial charge >= 0.3 is 0 Å². The lowest BCUT2D eigenvalue weighted by atomic mass is 10.1. The fourth-order valence-electron chi connectivity index (χ4n) is 1.90. The van der Waals surface area contributed by atoms with E-state index in [1.54, 1.807) is 0 Å². The second-order valence-corrected chi connectivity index (χ2v) is 7.04. The number of rotatable bonds is 5. The zero-order valence-electron chi connectivity index (χ0n) is 12.5. The van der Waals surface area contributed by atoms with Gasteiger partial charge in [0.25, 0.3) is 5.91 Å². The summed E-state index contributed by atoms with van der Waals surface area (Å²) in [5, 5.41) is 2.76. The van der Waals surface area contributed by atoms with Gasteiger partial charge in [-0.25, -0.2) is 13.1 Å². The van der Waals surface area contributed by atoms with Gasteiger partial charge in [0, 0.05) is 11.3 Å². The Kier molecular flexibility index (Phi) is 5.23. The maximum Gasteiger partial charge on any atom is 0.255 e. The minimum Gasteiger partial charge on any atom is -0.366 e. The fourth-order valence-corrected chi connectivity index (χ4v) is 2.84. The SMILES string of the molecule is CNS(=O)(=O)c1ccc(C(=O)Nc2ccc(Cl)c(C(N)=O)c2)cc1. The molecule has 2 aromatic rings. The average molecular weight is 368 g/mol. The molecular weight excluding hydrogens is 354 g/mol. The summed E-state index contributed by atoms with van der Waals surface area (Å²) in [6.45, 7) is 0. The molecule has 0 aliphatic carbocycles. The van der Waals surface area contributed by atoms with Crippen LogP contribution in [0.2, 0.25) is 5.02 Å². The van der Waals surface area contributed by atoms with E-state index in [0.717, 1.165) is 0 Å². The van der Waals surface area contributed by atoms with Crippen LogP contribution in [0.25, 0.3) is 0 Å². The number of primary amides is 1. The van der Waals surface area contributed by atoms with Crippen LogP contribution in [0.4, 0.5) is 5.69 Å². The maximum atomic E-state index is 12.2. The van der Waals surface area contributed by atoms with Crippen LogP contribution in [0.15, 0.2) is 47.4 Å². The lowest BCUT2D eigenvalue weighted by Gasteiger charge is -2.08. The van der Waals surface area contributed by atoms with Crippen molar-refractivity contribution in [2.45, 2.75) is 4.90 Å². The van der Waals surface area contributed by atoms with E-state index in [1.807, 2.05) is 0 Å². The van der Waals surface area contributed by atoms with Crippen molar-refractivity contribution < 1.29 is 18.0 Å². The second-order valence-electron chi connectivity index (χ2n) is 4.74. The molecule has 2 amide bonds. The van der Waals surface area contributed by atoms with Crippen LogP contribution in [0.5, 0.6) is 0 Å². The number of halogens is 1. The van der Waals surface area contributed by atoms with Gasteiger partial charge in [-0.15, -0.1) is 0 Å². The highest BCUT2D eigenvalue weighted by molar-refractivity contribution is 7.89. The Morgan fingerprint density at radius 1 is 1.08 bits per heavy atom. The zero-order valence-corrected chi connectivity index (χ0v) is 14.1. The summed E-state index contributed by atoms with van der Waals surface area (Å²) in [7, 11) is -2.27. The van der Waals surface area contributed by atoms with Gasteiger partial charge in [-0.2, -0.15) is 0 Å². The third-order valence-corrected chi connectivity index (χ3v) is 4.95. The van der Waals surface area contributed by atoms with Crippen molar-refractivity contribution >= 4 is 39.1 Å². The van der Waals surface area contributed by atoms with Crippen molar-refractivity contribution in [1.82, 2.24) is 4.72 Å². The molecule has 0 fully saturated rings. The van der Waals surface area contributed by atoms with E-state index < -0.39 is 21.8 Å². The van der Waals surface area contributed by atoms with Gasteiger partial charge < -0.3 is 11.1 Å². The monoisotopic (exact) mass is 367 g/mol. The molecular formula is C15H14ClN3O4S. The first-order valence-electron chi connectivity index (χ1n) is 6.69. The smallest absolute Gasteiger partial charge is 0.255 e. The summed E-state index contributed by atoms with van der Waals surface area (Å²) < 4.78 is 25.5. The third kappa shape index (κ3) is 3.91. The molecule has 0 heterocycles. The number of carbonyl (C=O) groups is 2. The van der Waals surface area contributed by atoms with E-state index in [4.69, 9.17) is 17.3 Å². The Hall–Kier alpha value is -2.42. The molecule has 0 unspecified atom stereocenters. The summed E-state index contributed by atoms with van der Waals surface area (Å²) >= 11 is 5.84. The van der Waals surface area contributed by atoms with Crippen molar-refractivity contribution in [3.63, 3.8) is 0 Å². The molecule has 9 heteroatoms. The molecule has 126 valence electrons. The minimum absolute atomic E-state index is 0.0454. The molecule has 0 saturated heterocycles. The van der Waals surface area contributed by atoms with Gasteiger partial charge in [-0.05, 0) is 49.5 Å². The summed E-state index contributed by atoms with van der Waals surface area (Å²) in [6, 6.07) is 9.72. The van der Waals surface area contributed by atoms with Crippen LogP contribution >= 0.6 is 11.6 Å².